The Morgan fingerprint density at radius 2 is 1.56 bits per heavy atom. The van der Waals surface area contributed by atoms with E-state index in [0.29, 0.717) is 17.9 Å². The molecule has 0 aliphatic heterocycles. The summed E-state index contributed by atoms with van der Waals surface area (Å²) in [5.41, 5.74) is 1.69. The summed E-state index contributed by atoms with van der Waals surface area (Å²) in [5.74, 6) is -0.273. The summed E-state index contributed by atoms with van der Waals surface area (Å²) in [7, 11) is 0. The van der Waals surface area contributed by atoms with Crippen LogP contribution in [0.15, 0.2) is 12.1 Å². The zero-order valence-corrected chi connectivity index (χ0v) is 20.3. The molecule has 4 rings (SSSR count). The number of fused-ring (bicyclic) bond motifs is 5. The molecular formula is C26H32O8. The summed E-state index contributed by atoms with van der Waals surface area (Å²) in [5, 5.41) is 0. The highest BCUT2D eigenvalue weighted by atomic mass is 16.6. The lowest BCUT2D eigenvalue weighted by Crippen LogP contribution is -2.46. The Balaban J connectivity index is 1.72. The van der Waals surface area contributed by atoms with Crippen LogP contribution in [0.25, 0.3) is 0 Å². The molecular weight excluding hydrogens is 440 g/mol. The molecule has 1 aromatic carbocycles. The van der Waals surface area contributed by atoms with Crippen LogP contribution in [0, 0.1) is 17.3 Å². The van der Waals surface area contributed by atoms with Gasteiger partial charge in [0.1, 0.15) is 23.7 Å². The molecule has 184 valence electrons. The molecule has 6 atom stereocenters. The number of carbonyl (C=O) groups is 4. The molecule has 2 saturated carbocycles. The maximum Gasteiger partial charge on any atom is 0.308 e. The Hall–Kier alpha value is -2.90. The zero-order chi connectivity index (χ0) is 24.8. The van der Waals surface area contributed by atoms with Gasteiger partial charge in [0.15, 0.2) is 0 Å². The van der Waals surface area contributed by atoms with Crippen LogP contribution in [0.1, 0.15) is 77.3 Å². The molecule has 0 heterocycles. The number of hydrogen-bond donors (Lipinski definition) is 0. The first-order valence-electron chi connectivity index (χ1n) is 11.9. The van der Waals surface area contributed by atoms with Crippen molar-refractivity contribution in [2.75, 3.05) is 0 Å². The van der Waals surface area contributed by atoms with Crippen molar-refractivity contribution < 1.29 is 38.1 Å². The Labute approximate surface area is 199 Å². The Bertz CT molecular complexity index is 1030. The van der Waals surface area contributed by atoms with Crippen LogP contribution in [0.3, 0.4) is 0 Å². The maximum absolute atomic E-state index is 11.9. The molecule has 0 radical (unpaired) electrons. The highest BCUT2D eigenvalue weighted by molar-refractivity contribution is 5.72. The van der Waals surface area contributed by atoms with Gasteiger partial charge in [0.25, 0.3) is 0 Å². The second-order valence-corrected chi connectivity index (χ2v) is 10.1. The van der Waals surface area contributed by atoms with E-state index in [0.717, 1.165) is 36.8 Å². The van der Waals surface area contributed by atoms with E-state index in [1.54, 1.807) is 6.07 Å². The van der Waals surface area contributed by atoms with Gasteiger partial charge in [-0.25, -0.2) is 0 Å². The average molecular weight is 473 g/mol. The van der Waals surface area contributed by atoms with Gasteiger partial charge in [-0.1, -0.05) is 6.92 Å². The smallest absolute Gasteiger partial charge is 0.308 e. The van der Waals surface area contributed by atoms with Crippen LogP contribution in [0.2, 0.25) is 0 Å². The molecule has 0 saturated heterocycles. The van der Waals surface area contributed by atoms with Crippen LogP contribution < -0.4 is 9.47 Å². The average Bonchev–Trinajstić information content (AvgIpc) is 2.97. The van der Waals surface area contributed by atoms with E-state index >= 15 is 0 Å². The van der Waals surface area contributed by atoms with Crippen molar-refractivity contribution in [2.24, 2.45) is 17.3 Å². The lowest BCUT2D eigenvalue weighted by atomic mass is 9.55. The minimum absolute atomic E-state index is 0.136. The fraction of sp³-hybridized carbons (Fsp3) is 0.615. The van der Waals surface area contributed by atoms with Gasteiger partial charge in [0.05, 0.1) is 0 Å². The fourth-order valence-corrected chi connectivity index (χ4v) is 6.77. The summed E-state index contributed by atoms with van der Waals surface area (Å²) in [6.45, 7) is 7.59. The highest BCUT2D eigenvalue weighted by Crippen LogP contribution is 2.63. The maximum atomic E-state index is 11.9. The topological polar surface area (TPSA) is 105 Å². The Morgan fingerprint density at radius 1 is 0.882 bits per heavy atom. The number of esters is 4. The minimum Gasteiger partial charge on any atom is -0.459 e. The summed E-state index contributed by atoms with van der Waals surface area (Å²) in [6, 6.07) is 3.49. The number of hydrogen-bond acceptors (Lipinski definition) is 8. The van der Waals surface area contributed by atoms with Crippen molar-refractivity contribution >= 4 is 23.9 Å². The second kappa shape index (κ2) is 9.04. The molecule has 3 aliphatic carbocycles. The predicted molar refractivity (Wildman–Crippen MR) is 120 cm³/mol. The fourth-order valence-electron chi connectivity index (χ4n) is 6.77. The van der Waals surface area contributed by atoms with Gasteiger partial charge in [0.2, 0.25) is 0 Å². The zero-order valence-electron chi connectivity index (χ0n) is 20.3. The van der Waals surface area contributed by atoms with Crippen molar-refractivity contribution in [2.45, 2.75) is 84.8 Å². The quantitative estimate of drug-likeness (QED) is 0.480. The molecule has 34 heavy (non-hydrogen) atoms. The van der Waals surface area contributed by atoms with Gasteiger partial charge < -0.3 is 18.9 Å². The largest absolute Gasteiger partial charge is 0.459 e. The number of rotatable bonds is 4. The lowest BCUT2D eigenvalue weighted by molar-refractivity contribution is -0.171. The molecule has 3 aliphatic rings. The first kappa shape index (κ1) is 24.2. The van der Waals surface area contributed by atoms with Crippen molar-refractivity contribution in [3.8, 4) is 11.5 Å². The number of benzene rings is 1. The van der Waals surface area contributed by atoms with Gasteiger partial charge in [-0.2, -0.15) is 0 Å². The third-order valence-electron chi connectivity index (χ3n) is 7.79. The Kier molecular flexibility index (Phi) is 6.44. The highest BCUT2D eigenvalue weighted by Gasteiger charge is 2.61. The van der Waals surface area contributed by atoms with Crippen LogP contribution >= 0.6 is 0 Å². The molecule has 8 heteroatoms. The molecule has 0 bridgehead atoms. The molecule has 0 amide bonds. The van der Waals surface area contributed by atoms with Crippen molar-refractivity contribution in [3.63, 3.8) is 0 Å². The van der Waals surface area contributed by atoms with Gasteiger partial charge in [-0.15, -0.1) is 0 Å². The van der Waals surface area contributed by atoms with Crippen molar-refractivity contribution in [3.05, 3.63) is 23.3 Å². The Morgan fingerprint density at radius 3 is 2.18 bits per heavy atom. The van der Waals surface area contributed by atoms with Crippen LogP contribution in [-0.4, -0.2) is 36.1 Å². The molecule has 8 nitrogen and oxygen atoms in total. The van der Waals surface area contributed by atoms with Crippen molar-refractivity contribution in [1.29, 1.82) is 0 Å². The van der Waals surface area contributed by atoms with Gasteiger partial charge in [-0.05, 0) is 61.5 Å². The lowest BCUT2D eigenvalue weighted by Gasteiger charge is -2.50. The number of ether oxygens (including phenoxy) is 4. The molecule has 0 N–H and O–H groups in total. The molecule has 0 unspecified atom stereocenters. The van der Waals surface area contributed by atoms with Gasteiger partial charge in [0, 0.05) is 44.7 Å². The number of aryl methyl sites for hydroxylation is 1. The third-order valence-corrected chi connectivity index (χ3v) is 7.79. The van der Waals surface area contributed by atoms with Crippen LogP contribution in [0.4, 0.5) is 0 Å². The van der Waals surface area contributed by atoms with E-state index in [1.165, 1.54) is 27.7 Å². The van der Waals surface area contributed by atoms with Crippen LogP contribution in [-0.2, 0) is 35.1 Å². The number of carbonyl (C=O) groups excluding carboxylic acids is 4. The molecule has 0 spiro atoms. The molecule has 0 aromatic heterocycles. The SMILES string of the molecule is CC(=O)Oc1cc2c(c(OC(C)=O)c1)[C@H]1CC[C@]3(C)[C@H](OC(C)=O)[C@@H](OC(C)=O)C[C@H]3[C@H]1CC2. The van der Waals surface area contributed by atoms with Crippen molar-refractivity contribution in [1.82, 2.24) is 0 Å². The summed E-state index contributed by atoms with van der Waals surface area (Å²) < 4.78 is 22.3. The molecule has 2 fully saturated rings. The van der Waals surface area contributed by atoms with E-state index in [2.05, 4.69) is 6.92 Å². The van der Waals surface area contributed by atoms with Gasteiger partial charge in [-0.3, -0.25) is 19.2 Å². The van der Waals surface area contributed by atoms with Gasteiger partial charge >= 0.3 is 23.9 Å². The minimum atomic E-state index is -0.486. The standard InChI is InChI=1S/C26H32O8/c1-13(27)31-18-10-17-6-7-19-20(24(17)22(11-18)32-14(2)28)8-9-26(5)21(19)12-23(33-15(3)29)25(26)34-16(4)30/h10-11,19-21,23,25H,6-9,12H2,1-5H3/t19-,20-,21-,23-,25+,26-/m0/s1. The first-order valence-corrected chi connectivity index (χ1v) is 11.9. The van der Waals surface area contributed by atoms with E-state index < -0.39 is 24.1 Å². The summed E-state index contributed by atoms with van der Waals surface area (Å²) in [4.78, 5) is 47.1. The second-order valence-electron chi connectivity index (χ2n) is 10.1. The van der Waals surface area contributed by atoms with E-state index in [-0.39, 0.29) is 35.1 Å². The predicted octanol–water partition coefficient (Wildman–Crippen LogP) is 3.87. The van der Waals surface area contributed by atoms with E-state index in [1.807, 2.05) is 6.07 Å². The van der Waals surface area contributed by atoms with Crippen LogP contribution in [0.5, 0.6) is 11.5 Å². The first-order chi connectivity index (χ1) is 16.0. The van der Waals surface area contributed by atoms with E-state index in [9.17, 15) is 19.2 Å². The van der Waals surface area contributed by atoms with E-state index in [4.69, 9.17) is 18.9 Å². The monoisotopic (exact) mass is 472 g/mol. The molecule has 1 aromatic rings. The summed E-state index contributed by atoms with van der Waals surface area (Å²) in [6.07, 6.45) is 2.88. The normalized spacial score (nSPS) is 31.4. The summed E-state index contributed by atoms with van der Waals surface area (Å²) >= 11 is 0. The third kappa shape index (κ3) is 4.42.